The quantitative estimate of drug-likeness (QED) is 0.669. The van der Waals surface area contributed by atoms with Crippen LogP contribution in [0.1, 0.15) is 25.7 Å². The van der Waals surface area contributed by atoms with Crippen LogP contribution in [0.15, 0.2) is 18.2 Å². The van der Waals surface area contributed by atoms with Crippen LogP contribution in [-0.2, 0) is 4.79 Å². The minimum absolute atomic E-state index is 0.0177. The van der Waals surface area contributed by atoms with E-state index in [1.54, 1.807) is 0 Å². The smallest absolute Gasteiger partial charge is 0.310 e. The topological polar surface area (TPSA) is 42.0 Å². The fraction of sp³-hybridized carbons (Fsp3) is 0.538. The van der Waals surface area contributed by atoms with Crippen molar-refractivity contribution in [3.8, 4) is 0 Å². The number of carbonyl (C=O) groups is 1. The average Bonchev–Trinajstić information content (AvgIpc) is 2.38. The molecule has 0 aromatic carbocycles. The predicted octanol–water partition coefficient (Wildman–Crippen LogP) is 3.53. The summed E-state index contributed by atoms with van der Waals surface area (Å²) < 4.78 is 50.9. The van der Waals surface area contributed by atoms with Gasteiger partial charge in [-0.2, -0.15) is 17.6 Å². The first-order valence-electron chi connectivity index (χ1n) is 6.36. The highest BCUT2D eigenvalue weighted by molar-refractivity contribution is 5.91. The molecule has 7 heteroatoms. The molecule has 0 spiro atoms. The number of hydrogen-bond donors (Lipinski definition) is 1. The summed E-state index contributed by atoms with van der Waals surface area (Å²) >= 11 is 0. The Kier molecular flexibility index (Phi) is 4.25. The number of aromatic nitrogens is 1. The summed E-state index contributed by atoms with van der Waals surface area (Å²) in [5, 5.41) is 2.37. The molecule has 0 saturated heterocycles. The van der Waals surface area contributed by atoms with Gasteiger partial charge in [-0.15, -0.1) is 0 Å². The third kappa shape index (κ3) is 3.68. The summed E-state index contributed by atoms with van der Waals surface area (Å²) in [6.07, 6.45) is -3.65. The second-order valence-corrected chi connectivity index (χ2v) is 4.94. The van der Waals surface area contributed by atoms with E-state index >= 15 is 0 Å². The van der Waals surface area contributed by atoms with Gasteiger partial charge in [-0.1, -0.05) is 12.5 Å². The van der Waals surface area contributed by atoms with Gasteiger partial charge in [-0.25, -0.2) is 4.98 Å². The van der Waals surface area contributed by atoms with Gasteiger partial charge in [-0.05, 0) is 31.4 Å². The Bertz CT molecular complexity index is 490. The van der Waals surface area contributed by atoms with Crippen molar-refractivity contribution < 1.29 is 22.4 Å². The second kappa shape index (κ2) is 5.76. The molecule has 0 radical (unpaired) electrons. The number of rotatable bonds is 2. The van der Waals surface area contributed by atoms with Crippen LogP contribution in [0.4, 0.5) is 23.4 Å². The van der Waals surface area contributed by atoms with Crippen molar-refractivity contribution >= 4 is 11.7 Å². The van der Waals surface area contributed by atoms with Gasteiger partial charge in [-0.3, -0.25) is 4.79 Å². The molecule has 1 N–H and O–H groups in total. The standard InChI is InChI=1S/C13H14F4N2O/c14-10-5-2-6-11(18-10)19-12(20)8-3-1-4-9(7-8)13(15,16)17/h2,5-6,8-9H,1,3-4,7H2,(H,18,19,20). The molecule has 1 heterocycles. The Morgan fingerprint density at radius 3 is 2.70 bits per heavy atom. The Morgan fingerprint density at radius 1 is 1.30 bits per heavy atom. The van der Waals surface area contributed by atoms with Crippen molar-refractivity contribution in [2.24, 2.45) is 11.8 Å². The molecule has 1 amide bonds. The molecular formula is C13H14F4N2O. The molecule has 1 saturated carbocycles. The molecule has 1 fully saturated rings. The summed E-state index contributed by atoms with van der Waals surface area (Å²) in [6, 6.07) is 3.89. The molecule has 110 valence electrons. The predicted molar refractivity (Wildman–Crippen MR) is 64.3 cm³/mol. The lowest BCUT2D eigenvalue weighted by Crippen LogP contribution is -2.34. The van der Waals surface area contributed by atoms with Crippen molar-refractivity contribution in [1.82, 2.24) is 4.98 Å². The van der Waals surface area contributed by atoms with Gasteiger partial charge in [0, 0.05) is 5.92 Å². The van der Waals surface area contributed by atoms with E-state index in [4.69, 9.17) is 0 Å². The zero-order chi connectivity index (χ0) is 14.8. The number of amides is 1. The van der Waals surface area contributed by atoms with Crippen LogP contribution in [-0.4, -0.2) is 17.1 Å². The number of nitrogens with zero attached hydrogens (tertiary/aromatic N) is 1. The van der Waals surface area contributed by atoms with Crippen LogP contribution >= 0.6 is 0 Å². The number of anilines is 1. The molecule has 20 heavy (non-hydrogen) atoms. The van der Waals surface area contributed by atoms with Gasteiger partial charge in [0.25, 0.3) is 0 Å². The molecule has 1 aromatic rings. The second-order valence-electron chi connectivity index (χ2n) is 4.94. The van der Waals surface area contributed by atoms with Gasteiger partial charge in [0.15, 0.2) is 0 Å². The van der Waals surface area contributed by atoms with Crippen LogP contribution in [0.3, 0.4) is 0 Å². The van der Waals surface area contributed by atoms with E-state index in [0.717, 1.165) is 6.07 Å². The minimum Gasteiger partial charge on any atom is -0.310 e. The molecule has 1 aliphatic carbocycles. The average molecular weight is 290 g/mol. The van der Waals surface area contributed by atoms with Crippen LogP contribution in [0.2, 0.25) is 0 Å². The normalized spacial score (nSPS) is 23.4. The molecule has 0 bridgehead atoms. The highest BCUT2D eigenvalue weighted by Crippen LogP contribution is 2.40. The van der Waals surface area contributed by atoms with Crippen LogP contribution in [0.5, 0.6) is 0 Å². The zero-order valence-corrected chi connectivity index (χ0v) is 10.6. The monoisotopic (exact) mass is 290 g/mol. The number of carbonyl (C=O) groups excluding carboxylic acids is 1. The Balaban J connectivity index is 1.99. The number of halogens is 4. The highest BCUT2D eigenvalue weighted by Gasteiger charge is 2.43. The maximum atomic E-state index is 12.9. The molecule has 2 rings (SSSR count). The van der Waals surface area contributed by atoms with Crippen molar-refractivity contribution in [2.45, 2.75) is 31.9 Å². The first-order chi connectivity index (χ1) is 9.36. The van der Waals surface area contributed by atoms with Gasteiger partial charge in [0.2, 0.25) is 11.9 Å². The summed E-state index contributed by atoms with van der Waals surface area (Å²) in [4.78, 5) is 15.4. The number of nitrogens with one attached hydrogen (secondary N) is 1. The molecule has 1 aromatic heterocycles. The highest BCUT2D eigenvalue weighted by atomic mass is 19.4. The zero-order valence-electron chi connectivity index (χ0n) is 10.6. The third-order valence-electron chi connectivity index (χ3n) is 3.47. The van der Waals surface area contributed by atoms with Gasteiger partial charge in [0.05, 0.1) is 5.92 Å². The maximum Gasteiger partial charge on any atom is 0.391 e. The molecule has 2 atom stereocenters. The van der Waals surface area contributed by atoms with Gasteiger partial charge in [0.1, 0.15) is 5.82 Å². The Morgan fingerprint density at radius 2 is 2.05 bits per heavy atom. The lowest BCUT2D eigenvalue weighted by atomic mass is 9.80. The third-order valence-corrected chi connectivity index (χ3v) is 3.47. The lowest BCUT2D eigenvalue weighted by Gasteiger charge is -2.29. The summed E-state index contributed by atoms with van der Waals surface area (Å²) in [5.41, 5.74) is 0. The minimum atomic E-state index is -4.27. The number of alkyl halides is 3. The molecule has 1 aliphatic rings. The molecule has 0 aliphatic heterocycles. The maximum absolute atomic E-state index is 12.9. The van der Waals surface area contributed by atoms with E-state index < -0.39 is 29.9 Å². The van der Waals surface area contributed by atoms with E-state index in [2.05, 4.69) is 10.3 Å². The fourth-order valence-corrected chi connectivity index (χ4v) is 2.43. The largest absolute Gasteiger partial charge is 0.391 e. The lowest BCUT2D eigenvalue weighted by molar-refractivity contribution is -0.185. The summed E-state index contributed by atoms with van der Waals surface area (Å²) in [6.45, 7) is 0. The van der Waals surface area contributed by atoms with Gasteiger partial charge >= 0.3 is 6.18 Å². The molecule has 3 nitrogen and oxygen atoms in total. The molecule has 2 unspecified atom stereocenters. The van der Waals surface area contributed by atoms with Crippen LogP contribution in [0, 0.1) is 17.8 Å². The SMILES string of the molecule is O=C(Nc1cccc(F)n1)C1CCCC(C(F)(F)F)C1. The number of hydrogen-bond acceptors (Lipinski definition) is 2. The van der Waals surface area contributed by atoms with Crippen LogP contribution < -0.4 is 5.32 Å². The Hall–Kier alpha value is -1.66. The summed E-state index contributed by atoms with van der Waals surface area (Å²) in [5.74, 6) is -3.41. The first-order valence-corrected chi connectivity index (χ1v) is 6.36. The van der Waals surface area contributed by atoms with Crippen LogP contribution in [0.25, 0.3) is 0 Å². The van der Waals surface area contributed by atoms with E-state index in [9.17, 15) is 22.4 Å². The van der Waals surface area contributed by atoms with E-state index in [1.165, 1.54) is 12.1 Å². The first kappa shape index (κ1) is 14.7. The van der Waals surface area contributed by atoms with Crippen molar-refractivity contribution in [3.05, 3.63) is 24.1 Å². The van der Waals surface area contributed by atoms with Crippen molar-refractivity contribution in [1.29, 1.82) is 0 Å². The fourth-order valence-electron chi connectivity index (χ4n) is 2.43. The summed E-state index contributed by atoms with van der Waals surface area (Å²) in [7, 11) is 0. The molecular weight excluding hydrogens is 276 g/mol. The van der Waals surface area contributed by atoms with Crippen molar-refractivity contribution in [3.63, 3.8) is 0 Å². The van der Waals surface area contributed by atoms with Gasteiger partial charge < -0.3 is 5.32 Å². The van der Waals surface area contributed by atoms with E-state index in [0.29, 0.717) is 12.8 Å². The van der Waals surface area contributed by atoms with E-state index in [-0.39, 0.29) is 18.7 Å². The van der Waals surface area contributed by atoms with Crippen molar-refractivity contribution in [2.75, 3.05) is 5.32 Å². The Labute approximate surface area is 113 Å². The number of pyridine rings is 1. The van der Waals surface area contributed by atoms with E-state index in [1.807, 2.05) is 0 Å².